The molecule has 3 heterocycles. The number of fused-ring (bicyclic) bond motifs is 2. The molecule has 0 bridgehead atoms. The largest absolute Gasteiger partial charge is 0.573 e. The second kappa shape index (κ2) is 8.05. The van der Waals surface area contributed by atoms with Crippen LogP contribution in [0.5, 0.6) is 17.2 Å². The number of hydrogen-bond donors (Lipinski definition) is 0. The number of ether oxygens (including phenoxy) is 3. The van der Waals surface area contributed by atoms with E-state index in [4.69, 9.17) is 9.47 Å². The Morgan fingerprint density at radius 3 is 2.62 bits per heavy atom. The lowest BCUT2D eigenvalue weighted by molar-refractivity contribution is -0.274. The summed E-state index contributed by atoms with van der Waals surface area (Å²) in [5.74, 6) is 1.10. The normalized spacial score (nSPS) is 16.0. The first-order valence-corrected chi connectivity index (χ1v) is 10.7. The highest BCUT2D eigenvalue weighted by molar-refractivity contribution is 7.22. The molecule has 0 N–H and O–H groups in total. The van der Waals surface area contributed by atoms with Gasteiger partial charge < -0.3 is 24.0 Å². The lowest BCUT2D eigenvalue weighted by Gasteiger charge is -2.34. The molecule has 3 aromatic rings. The quantitative estimate of drug-likeness (QED) is 0.584. The van der Waals surface area contributed by atoms with Crippen molar-refractivity contribution in [2.75, 3.05) is 37.9 Å². The smallest absolute Gasteiger partial charge is 0.454 e. The van der Waals surface area contributed by atoms with E-state index in [1.807, 2.05) is 21.9 Å². The Kier molecular flexibility index (Phi) is 5.20. The molecule has 5 rings (SSSR count). The first kappa shape index (κ1) is 20.7. The van der Waals surface area contributed by atoms with Gasteiger partial charge in [-0.2, -0.15) is 0 Å². The SMILES string of the molecule is O=C(Cc1ccc2c(c1)OCO2)N1CCN(c2nc3ccc(OC(F)(F)F)cc3s2)CC1. The molecular formula is C21H18F3N3O4S. The topological polar surface area (TPSA) is 64.1 Å². The molecule has 1 fully saturated rings. The molecule has 2 aromatic carbocycles. The van der Waals surface area contributed by atoms with Gasteiger partial charge in [-0.15, -0.1) is 13.2 Å². The highest BCUT2D eigenvalue weighted by Crippen LogP contribution is 2.34. The molecule has 11 heteroatoms. The maximum Gasteiger partial charge on any atom is 0.573 e. The van der Waals surface area contributed by atoms with Crippen molar-refractivity contribution in [3.63, 3.8) is 0 Å². The van der Waals surface area contributed by atoms with Gasteiger partial charge in [0.1, 0.15) is 5.75 Å². The summed E-state index contributed by atoms with van der Waals surface area (Å²) in [5.41, 5.74) is 1.48. The van der Waals surface area contributed by atoms with Crippen LogP contribution in [-0.2, 0) is 11.2 Å². The zero-order valence-corrected chi connectivity index (χ0v) is 17.5. The Balaban J connectivity index is 1.20. The number of carbonyl (C=O) groups is 1. The van der Waals surface area contributed by atoms with Crippen LogP contribution in [-0.4, -0.2) is 55.1 Å². The maximum absolute atomic E-state index is 12.7. The molecule has 2 aliphatic rings. The van der Waals surface area contributed by atoms with Gasteiger partial charge in [0.2, 0.25) is 12.7 Å². The summed E-state index contributed by atoms with van der Waals surface area (Å²) in [6, 6.07) is 9.61. The van der Waals surface area contributed by atoms with Gasteiger partial charge in [0.25, 0.3) is 0 Å². The van der Waals surface area contributed by atoms with Crippen molar-refractivity contribution in [3.8, 4) is 17.2 Å². The number of benzene rings is 2. The lowest BCUT2D eigenvalue weighted by atomic mass is 10.1. The molecule has 0 saturated carbocycles. The zero-order chi connectivity index (χ0) is 22.3. The second-order valence-electron chi connectivity index (χ2n) is 7.41. The molecule has 0 unspecified atom stereocenters. The molecule has 0 aliphatic carbocycles. The first-order chi connectivity index (χ1) is 15.3. The fraction of sp³-hybridized carbons (Fsp3) is 0.333. The molecule has 0 spiro atoms. The third-order valence-electron chi connectivity index (χ3n) is 5.28. The summed E-state index contributed by atoms with van der Waals surface area (Å²) < 4.78 is 52.6. The van der Waals surface area contributed by atoms with Crippen molar-refractivity contribution in [3.05, 3.63) is 42.0 Å². The number of amides is 1. The van der Waals surface area contributed by atoms with Gasteiger partial charge in [-0.25, -0.2) is 4.98 Å². The number of rotatable bonds is 4. The van der Waals surface area contributed by atoms with E-state index in [0.29, 0.717) is 53.0 Å². The maximum atomic E-state index is 12.7. The van der Waals surface area contributed by atoms with Crippen molar-refractivity contribution in [1.29, 1.82) is 0 Å². The molecule has 1 saturated heterocycles. The van der Waals surface area contributed by atoms with E-state index in [2.05, 4.69) is 9.72 Å². The van der Waals surface area contributed by atoms with E-state index >= 15 is 0 Å². The average Bonchev–Trinajstić information content (AvgIpc) is 3.38. The van der Waals surface area contributed by atoms with E-state index in [1.54, 1.807) is 6.07 Å². The van der Waals surface area contributed by atoms with Crippen LogP contribution in [0.4, 0.5) is 18.3 Å². The van der Waals surface area contributed by atoms with Gasteiger partial charge in [-0.05, 0) is 29.8 Å². The van der Waals surface area contributed by atoms with Crippen LogP contribution in [0.15, 0.2) is 36.4 Å². The zero-order valence-electron chi connectivity index (χ0n) is 16.7. The molecular weight excluding hydrogens is 447 g/mol. The minimum atomic E-state index is -4.73. The highest BCUT2D eigenvalue weighted by Gasteiger charge is 2.31. The first-order valence-electron chi connectivity index (χ1n) is 9.92. The van der Waals surface area contributed by atoms with Gasteiger partial charge in [-0.1, -0.05) is 17.4 Å². The van der Waals surface area contributed by atoms with Crippen LogP contribution in [0.3, 0.4) is 0 Å². The fourth-order valence-electron chi connectivity index (χ4n) is 3.71. The third-order valence-corrected chi connectivity index (χ3v) is 6.36. The average molecular weight is 465 g/mol. The van der Waals surface area contributed by atoms with Crippen LogP contribution in [0, 0.1) is 0 Å². The van der Waals surface area contributed by atoms with Gasteiger partial charge >= 0.3 is 6.36 Å². The van der Waals surface area contributed by atoms with Crippen molar-refractivity contribution in [1.82, 2.24) is 9.88 Å². The van der Waals surface area contributed by atoms with E-state index < -0.39 is 6.36 Å². The minimum Gasteiger partial charge on any atom is -0.454 e. The van der Waals surface area contributed by atoms with Gasteiger partial charge in [0.05, 0.1) is 16.6 Å². The van der Waals surface area contributed by atoms with Gasteiger partial charge in [-0.3, -0.25) is 4.79 Å². The van der Waals surface area contributed by atoms with E-state index in [-0.39, 0.29) is 24.9 Å². The second-order valence-corrected chi connectivity index (χ2v) is 8.42. The van der Waals surface area contributed by atoms with Crippen LogP contribution >= 0.6 is 11.3 Å². The van der Waals surface area contributed by atoms with Crippen LogP contribution in [0.25, 0.3) is 10.2 Å². The Labute approximate surface area is 184 Å². The molecule has 1 aromatic heterocycles. The molecule has 168 valence electrons. The standard InChI is InChI=1S/C21H18F3N3O4S/c22-21(23,24)31-14-2-3-15-18(11-14)32-20(25-15)27-7-5-26(6-8-27)19(28)10-13-1-4-16-17(9-13)30-12-29-16/h1-4,9,11H,5-8,10,12H2. The number of halogens is 3. The van der Waals surface area contributed by atoms with Crippen LogP contribution in [0.1, 0.15) is 5.56 Å². The summed E-state index contributed by atoms with van der Waals surface area (Å²) in [7, 11) is 0. The number of aromatic nitrogens is 1. The minimum absolute atomic E-state index is 0.0294. The highest BCUT2D eigenvalue weighted by atomic mass is 32.1. The summed E-state index contributed by atoms with van der Waals surface area (Å²) >= 11 is 1.31. The number of nitrogens with zero attached hydrogens (tertiary/aromatic N) is 3. The van der Waals surface area contributed by atoms with E-state index in [1.165, 1.54) is 29.5 Å². The van der Waals surface area contributed by atoms with Crippen molar-refractivity contribution in [2.45, 2.75) is 12.8 Å². The summed E-state index contributed by atoms with van der Waals surface area (Å²) in [6.07, 6.45) is -4.45. The third kappa shape index (κ3) is 4.38. The molecule has 0 atom stereocenters. The number of anilines is 1. The Morgan fingerprint density at radius 1 is 1.06 bits per heavy atom. The van der Waals surface area contributed by atoms with Crippen molar-refractivity contribution >= 4 is 32.6 Å². The number of hydrogen-bond acceptors (Lipinski definition) is 7. The monoisotopic (exact) mass is 465 g/mol. The van der Waals surface area contributed by atoms with Crippen LogP contribution < -0.4 is 19.1 Å². The molecule has 7 nitrogen and oxygen atoms in total. The molecule has 1 amide bonds. The predicted octanol–water partition coefficient (Wildman–Crippen LogP) is 3.81. The van der Waals surface area contributed by atoms with E-state index in [9.17, 15) is 18.0 Å². The van der Waals surface area contributed by atoms with Gasteiger partial charge in [0, 0.05) is 32.2 Å². The fourth-order valence-corrected chi connectivity index (χ4v) is 4.76. The lowest BCUT2D eigenvalue weighted by Crippen LogP contribution is -2.49. The number of alkyl halides is 3. The van der Waals surface area contributed by atoms with Crippen molar-refractivity contribution < 1.29 is 32.2 Å². The van der Waals surface area contributed by atoms with Crippen LogP contribution in [0.2, 0.25) is 0 Å². The Hall–Kier alpha value is -3.21. The Bertz CT molecular complexity index is 1160. The number of thiazole rings is 1. The van der Waals surface area contributed by atoms with E-state index in [0.717, 1.165) is 5.56 Å². The summed E-state index contributed by atoms with van der Waals surface area (Å²) in [6.45, 7) is 2.47. The molecule has 2 aliphatic heterocycles. The number of carbonyl (C=O) groups excluding carboxylic acids is 1. The summed E-state index contributed by atoms with van der Waals surface area (Å²) in [5, 5.41) is 0.715. The van der Waals surface area contributed by atoms with Crippen molar-refractivity contribution in [2.24, 2.45) is 0 Å². The Morgan fingerprint density at radius 2 is 1.84 bits per heavy atom. The molecule has 0 radical (unpaired) electrons. The summed E-state index contributed by atoms with van der Waals surface area (Å²) in [4.78, 5) is 21.1. The number of piperazine rings is 1. The van der Waals surface area contributed by atoms with Gasteiger partial charge in [0.15, 0.2) is 16.6 Å². The predicted molar refractivity (Wildman–Crippen MR) is 111 cm³/mol. The molecule has 32 heavy (non-hydrogen) atoms.